The van der Waals surface area contributed by atoms with Gasteiger partial charge in [0.1, 0.15) is 5.75 Å². The summed E-state index contributed by atoms with van der Waals surface area (Å²) in [6.45, 7) is 1.41. The van der Waals surface area contributed by atoms with Gasteiger partial charge in [0.2, 0.25) is 0 Å². The van der Waals surface area contributed by atoms with Gasteiger partial charge in [0, 0.05) is 24.2 Å². The van der Waals surface area contributed by atoms with E-state index in [2.05, 4.69) is 0 Å². The second-order valence-corrected chi connectivity index (χ2v) is 6.73. The number of ether oxygens (including phenoxy) is 1. The quantitative estimate of drug-likeness (QED) is 0.929. The number of nitrogens with zero attached hydrogens (tertiary/aromatic N) is 1. The Hall–Kier alpha value is -1.26. The maximum absolute atomic E-state index is 12.8. The molecule has 1 aromatic rings. The van der Waals surface area contributed by atoms with E-state index in [1.54, 1.807) is 12.1 Å². The lowest BCUT2D eigenvalue weighted by molar-refractivity contribution is 0.0707. The molecule has 5 heteroatoms. The third-order valence-electron chi connectivity index (χ3n) is 4.59. The van der Waals surface area contributed by atoms with Gasteiger partial charge in [-0.3, -0.25) is 4.79 Å². The first-order valence-corrected chi connectivity index (χ1v) is 8.52. The standard InChI is InChI=1S/C17H23ClN2O2/c18-12-5-6-16(22-14-3-1-2-4-14)15(11-12)17(21)20-9-7-13(19)8-10-20/h5-6,11,13-14H,1-4,7-10,19H2. The average molecular weight is 323 g/mol. The van der Waals surface area contributed by atoms with Gasteiger partial charge < -0.3 is 15.4 Å². The Kier molecular flexibility index (Phi) is 4.89. The van der Waals surface area contributed by atoms with Crippen molar-refractivity contribution in [2.45, 2.75) is 50.7 Å². The molecule has 0 aromatic heterocycles. The van der Waals surface area contributed by atoms with Gasteiger partial charge in [-0.1, -0.05) is 11.6 Å². The molecule has 0 bridgehead atoms. The summed E-state index contributed by atoms with van der Waals surface area (Å²) in [6.07, 6.45) is 6.46. The molecule has 1 saturated heterocycles. The minimum atomic E-state index is 0.00222. The predicted octanol–water partition coefficient (Wildman–Crippen LogP) is 3.22. The van der Waals surface area contributed by atoms with E-state index in [-0.39, 0.29) is 18.1 Å². The zero-order valence-electron chi connectivity index (χ0n) is 12.8. The number of hydrogen-bond acceptors (Lipinski definition) is 3. The van der Waals surface area contributed by atoms with Crippen LogP contribution in [0.5, 0.6) is 5.75 Å². The summed E-state index contributed by atoms with van der Waals surface area (Å²) >= 11 is 6.09. The van der Waals surface area contributed by atoms with Crippen LogP contribution < -0.4 is 10.5 Å². The van der Waals surface area contributed by atoms with Crippen LogP contribution in [0.1, 0.15) is 48.9 Å². The summed E-state index contributed by atoms with van der Waals surface area (Å²) in [5.74, 6) is 0.665. The molecule has 1 amide bonds. The van der Waals surface area contributed by atoms with E-state index in [1.807, 2.05) is 11.0 Å². The predicted molar refractivity (Wildman–Crippen MR) is 87.4 cm³/mol. The van der Waals surface area contributed by atoms with Crippen LogP contribution in [-0.2, 0) is 0 Å². The summed E-state index contributed by atoms with van der Waals surface area (Å²) in [5.41, 5.74) is 6.49. The van der Waals surface area contributed by atoms with Gasteiger partial charge in [-0.2, -0.15) is 0 Å². The molecule has 0 unspecified atom stereocenters. The number of nitrogens with two attached hydrogens (primary N) is 1. The topological polar surface area (TPSA) is 55.6 Å². The molecule has 2 aliphatic rings. The van der Waals surface area contributed by atoms with Crippen molar-refractivity contribution in [2.75, 3.05) is 13.1 Å². The highest BCUT2D eigenvalue weighted by Crippen LogP contribution is 2.30. The third-order valence-corrected chi connectivity index (χ3v) is 4.83. The first kappa shape index (κ1) is 15.6. The largest absolute Gasteiger partial charge is 0.490 e. The lowest BCUT2D eigenvalue weighted by atomic mass is 10.0. The van der Waals surface area contributed by atoms with Gasteiger partial charge in [-0.25, -0.2) is 0 Å². The average Bonchev–Trinajstić information content (AvgIpc) is 3.02. The Morgan fingerprint density at radius 3 is 2.55 bits per heavy atom. The second-order valence-electron chi connectivity index (χ2n) is 6.29. The van der Waals surface area contributed by atoms with Crippen LogP contribution in [0.25, 0.3) is 0 Å². The fourth-order valence-electron chi connectivity index (χ4n) is 3.23. The Morgan fingerprint density at radius 2 is 1.86 bits per heavy atom. The maximum atomic E-state index is 12.8. The molecular formula is C17H23ClN2O2. The Labute approximate surface area is 136 Å². The van der Waals surface area contributed by atoms with Crippen molar-refractivity contribution < 1.29 is 9.53 Å². The molecule has 1 aliphatic heterocycles. The smallest absolute Gasteiger partial charge is 0.257 e. The SMILES string of the molecule is NC1CCN(C(=O)c2cc(Cl)ccc2OC2CCCC2)CC1. The summed E-state index contributed by atoms with van der Waals surface area (Å²) in [6, 6.07) is 5.54. The van der Waals surface area contributed by atoms with Crippen LogP contribution in [0, 0.1) is 0 Å². The van der Waals surface area contributed by atoms with Crippen molar-refractivity contribution in [3.63, 3.8) is 0 Å². The highest BCUT2D eigenvalue weighted by atomic mass is 35.5. The lowest BCUT2D eigenvalue weighted by Crippen LogP contribution is -2.43. The number of carbonyl (C=O) groups is 1. The molecule has 1 heterocycles. The molecule has 1 aromatic carbocycles. The van der Waals surface area contributed by atoms with E-state index < -0.39 is 0 Å². The molecule has 1 saturated carbocycles. The van der Waals surface area contributed by atoms with E-state index in [0.717, 1.165) is 25.7 Å². The summed E-state index contributed by atoms with van der Waals surface area (Å²) in [5, 5.41) is 0.566. The van der Waals surface area contributed by atoms with Crippen molar-refractivity contribution in [3.8, 4) is 5.75 Å². The van der Waals surface area contributed by atoms with Crippen molar-refractivity contribution >= 4 is 17.5 Å². The molecule has 0 atom stereocenters. The van der Waals surface area contributed by atoms with Crippen molar-refractivity contribution in [3.05, 3.63) is 28.8 Å². The van der Waals surface area contributed by atoms with Crippen LogP contribution in [-0.4, -0.2) is 36.0 Å². The Balaban J connectivity index is 1.78. The van der Waals surface area contributed by atoms with Gasteiger partial charge in [-0.15, -0.1) is 0 Å². The van der Waals surface area contributed by atoms with Gasteiger partial charge in [0.15, 0.2) is 0 Å². The highest BCUT2D eigenvalue weighted by Gasteiger charge is 2.26. The van der Waals surface area contributed by atoms with Crippen LogP contribution in [0.3, 0.4) is 0 Å². The molecule has 4 nitrogen and oxygen atoms in total. The van der Waals surface area contributed by atoms with Gasteiger partial charge >= 0.3 is 0 Å². The normalized spacial score (nSPS) is 20.4. The zero-order valence-corrected chi connectivity index (χ0v) is 13.5. The molecule has 0 radical (unpaired) electrons. The second kappa shape index (κ2) is 6.88. The molecule has 120 valence electrons. The van der Waals surface area contributed by atoms with E-state index in [9.17, 15) is 4.79 Å². The molecular weight excluding hydrogens is 300 g/mol. The van der Waals surface area contributed by atoms with E-state index in [1.165, 1.54) is 12.8 Å². The molecule has 2 fully saturated rings. The highest BCUT2D eigenvalue weighted by molar-refractivity contribution is 6.31. The van der Waals surface area contributed by atoms with Gasteiger partial charge in [-0.05, 0) is 56.7 Å². The molecule has 0 spiro atoms. The Bertz CT molecular complexity index is 535. The van der Waals surface area contributed by atoms with Gasteiger partial charge in [0.05, 0.1) is 11.7 Å². The fraction of sp³-hybridized carbons (Fsp3) is 0.588. The first-order valence-electron chi connectivity index (χ1n) is 8.14. The van der Waals surface area contributed by atoms with Crippen molar-refractivity contribution in [2.24, 2.45) is 5.73 Å². The number of piperidine rings is 1. The number of carbonyl (C=O) groups excluding carboxylic acids is 1. The maximum Gasteiger partial charge on any atom is 0.257 e. The van der Waals surface area contributed by atoms with Crippen LogP contribution in [0.15, 0.2) is 18.2 Å². The number of likely N-dealkylation sites (tertiary alicyclic amines) is 1. The molecule has 3 rings (SSSR count). The summed E-state index contributed by atoms with van der Waals surface area (Å²) < 4.78 is 6.06. The number of hydrogen-bond donors (Lipinski definition) is 1. The Morgan fingerprint density at radius 1 is 1.18 bits per heavy atom. The van der Waals surface area contributed by atoms with Crippen LogP contribution >= 0.6 is 11.6 Å². The monoisotopic (exact) mass is 322 g/mol. The van der Waals surface area contributed by atoms with E-state index in [0.29, 0.717) is 29.4 Å². The van der Waals surface area contributed by atoms with E-state index >= 15 is 0 Å². The molecule has 2 N–H and O–H groups in total. The minimum Gasteiger partial charge on any atom is -0.490 e. The van der Waals surface area contributed by atoms with Crippen LogP contribution in [0.4, 0.5) is 0 Å². The molecule has 22 heavy (non-hydrogen) atoms. The van der Waals surface area contributed by atoms with Gasteiger partial charge in [0.25, 0.3) is 5.91 Å². The third kappa shape index (κ3) is 3.55. The zero-order chi connectivity index (χ0) is 15.5. The fourth-order valence-corrected chi connectivity index (χ4v) is 3.40. The summed E-state index contributed by atoms with van der Waals surface area (Å²) in [4.78, 5) is 14.7. The lowest BCUT2D eigenvalue weighted by Gasteiger charge is -2.31. The van der Waals surface area contributed by atoms with Crippen LogP contribution in [0.2, 0.25) is 5.02 Å². The molecule has 1 aliphatic carbocycles. The van der Waals surface area contributed by atoms with Crippen molar-refractivity contribution in [1.82, 2.24) is 4.90 Å². The van der Waals surface area contributed by atoms with E-state index in [4.69, 9.17) is 22.1 Å². The number of benzene rings is 1. The number of rotatable bonds is 3. The van der Waals surface area contributed by atoms with Crippen molar-refractivity contribution in [1.29, 1.82) is 0 Å². The number of halogens is 1. The minimum absolute atomic E-state index is 0.00222. The number of amides is 1. The first-order chi connectivity index (χ1) is 10.6. The summed E-state index contributed by atoms with van der Waals surface area (Å²) in [7, 11) is 0.